The lowest BCUT2D eigenvalue weighted by Gasteiger charge is -2.10. The van der Waals surface area contributed by atoms with Crippen LogP contribution >= 0.6 is 11.3 Å². The van der Waals surface area contributed by atoms with Gasteiger partial charge in [0.25, 0.3) is 0 Å². The number of benzene rings is 2. The molecule has 130 valence electrons. The largest absolute Gasteiger partial charge is 0.493 e. The molecule has 0 saturated heterocycles. The van der Waals surface area contributed by atoms with Gasteiger partial charge in [0, 0.05) is 17.5 Å². The number of thiazole rings is 1. The zero-order valence-corrected chi connectivity index (χ0v) is 14.2. The van der Waals surface area contributed by atoms with Crippen molar-refractivity contribution >= 4 is 16.5 Å². The number of ether oxygens (including phenoxy) is 2. The van der Waals surface area contributed by atoms with Crippen LogP contribution < -0.4 is 14.8 Å². The summed E-state index contributed by atoms with van der Waals surface area (Å²) in [6.45, 7) is -2.22. The molecule has 7 heteroatoms. The first-order chi connectivity index (χ1) is 12.2. The number of methoxy groups -OCH3 is 1. The van der Waals surface area contributed by atoms with Crippen molar-refractivity contribution in [2.75, 3.05) is 12.4 Å². The number of nitrogens with one attached hydrogen (secondary N) is 1. The molecule has 0 aliphatic heterocycles. The molecule has 1 aromatic heterocycles. The van der Waals surface area contributed by atoms with Crippen molar-refractivity contribution in [2.45, 2.75) is 13.2 Å². The fourth-order valence-electron chi connectivity index (χ4n) is 2.28. The minimum atomic E-state index is -2.90. The first-order valence-electron chi connectivity index (χ1n) is 7.52. The van der Waals surface area contributed by atoms with E-state index >= 15 is 0 Å². The van der Waals surface area contributed by atoms with E-state index in [2.05, 4.69) is 15.0 Å². The molecule has 0 aliphatic carbocycles. The van der Waals surface area contributed by atoms with E-state index in [-0.39, 0.29) is 11.5 Å². The Bertz CT molecular complexity index is 825. The van der Waals surface area contributed by atoms with E-state index in [0.717, 1.165) is 22.0 Å². The van der Waals surface area contributed by atoms with Crippen LogP contribution in [-0.2, 0) is 6.54 Å². The zero-order chi connectivity index (χ0) is 17.6. The predicted octanol–water partition coefficient (Wildman–Crippen LogP) is 5.03. The number of alkyl halides is 2. The summed E-state index contributed by atoms with van der Waals surface area (Å²) in [5, 5.41) is 5.95. The Labute approximate surface area is 148 Å². The van der Waals surface area contributed by atoms with Crippen LogP contribution in [0.3, 0.4) is 0 Å². The van der Waals surface area contributed by atoms with E-state index < -0.39 is 6.61 Å². The van der Waals surface area contributed by atoms with Crippen LogP contribution in [0.15, 0.2) is 53.9 Å². The molecule has 0 saturated carbocycles. The van der Waals surface area contributed by atoms with Gasteiger partial charge >= 0.3 is 6.61 Å². The van der Waals surface area contributed by atoms with Crippen molar-refractivity contribution in [1.29, 1.82) is 0 Å². The maximum atomic E-state index is 12.4. The fraction of sp³-hybridized carbons (Fsp3) is 0.167. The lowest BCUT2D eigenvalue weighted by molar-refractivity contribution is -0.0512. The fourth-order valence-corrected chi connectivity index (χ4v) is 3.00. The lowest BCUT2D eigenvalue weighted by atomic mass is 10.1. The molecule has 0 radical (unpaired) electrons. The maximum Gasteiger partial charge on any atom is 0.387 e. The SMILES string of the molecule is COc1cc(-c2csc(NCc3ccccc3)n2)ccc1OC(F)F. The normalized spacial score (nSPS) is 10.7. The summed E-state index contributed by atoms with van der Waals surface area (Å²) in [4.78, 5) is 4.52. The second-order valence-corrected chi connectivity index (χ2v) is 5.98. The molecule has 3 aromatic rings. The van der Waals surface area contributed by atoms with Crippen molar-refractivity contribution in [3.8, 4) is 22.8 Å². The minimum Gasteiger partial charge on any atom is -0.493 e. The van der Waals surface area contributed by atoms with Gasteiger partial charge in [-0.3, -0.25) is 0 Å². The number of halogens is 2. The molecule has 4 nitrogen and oxygen atoms in total. The van der Waals surface area contributed by atoms with Gasteiger partial charge in [0.05, 0.1) is 12.8 Å². The maximum absolute atomic E-state index is 12.4. The Hall–Kier alpha value is -2.67. The highest BCUT2D eigenvalue weighted by atomic mass is 32.1. The Morgan fingerprint density at radius 1 is 1.12 bits per heavy atom. The van der Waals surface area contributed by atoms with Crippen LogP contribution in [0.25, 0.3) is 11.3 Å². The highest BCUT2D eigenvalue weighted by molar-refractivity contribution is 7.14. The van der Waals surface area contributed by atoms with Gasteiger partial charge in [-0.1, -0.05) is 30.3 Å². The molecule has 0 fully saturated rings. The highest BCUT2D eigenvalue weighted by Gasteiger charge is 2.13. The van der Waals surface area contributed by atoms with Crippen LogP contribution in [0.1, 0.15) is 5.56 Å². The minimum absolute atomic E-state index is 0.00101. The van der Waals surface area contributed by atoms with Crippen LogP contribution in [0.2, 0.25) is 0 Å². The van der Waals surface area contributed by atoms with E-state index in [1.807, 2.05) is 35.7 Å². The molecule has 0 spiro atoms. The van der Waals surface area contributed by atoms with Crippen LogP contribution in [0.5, 0.6) is 11.5 Å². The van der Waals surface area contributed by atoms with E-state index in [0.29, 0.717) is 6.54 Å². The molecule has 3 rings (SSSR count). The molecule has 2 aromatic carbocycles. The molecular weight excluding hydrogens is 346 g/mol. The summed E-state index contributed by atoms with van der Waals surface area (Å²) in [6.07, 6.45) is 0. The first-order valence-corrected chi connectivity index (χ1v) is 8.40. The van der Waals surface area contributed by atoms with E-state index in [1.54, 1.807) is 12.1 Å². The summed E-state index contributed by atoms with van der Waals surface area (Å²) in [5.74, 6) is 0.239. The molecule has 1 heterocycles. The highest BCUT2D eigenvalue weighted by Crippen LogP contribution is 2.34. The van der Waals surface area contributed by atoms with E-state index in [9.17, 15) is 8.78 Å². The molecule has 0 bridgehead atoms. The summed E-state index contributed by atoms with van der Waals surface area (Å²) >= 11 is 1.48. The first kappa shape index (κ1) is 17.2. The molecular formula is C18H16F2N2O2S. The summed E-state index contributed by atoms with van der Waals surface area (Å²) in [5.41, 5.74) is 2.67. The average molecular weight is 362 g/mol. The zero-order valence-electron chi connectivity index (χ0n) is 13.4. The van der Waals surface area contributed by atoms with Gasteiger partial charge in [0.2, 0.25) is 0 Å². The smallest absolute Gasteiger partial charge is 0.387 e. The Balaban J connectivity index is 1.73. The van der Waals surface area contributed by atoms with E-state index in [4.69, 9.17) is 4.74 Å². The number of hydrogen-bond donors (Lipinski definition) is 1. The summed E-state index contributed by atoms with van der Waals surface area (Å²) in [7, 11) is 1.41. The molecule has 0 unspecified atom stereocenters. The predicted molar refractivity (Wildman–Crippen MR) is 94.5 cm³/mol. The average Bonchev–Trinajstić information content (AvgIpc) is 3.10. The van der Waals surface area contributed by atoms with Gasteiger partial charge in [0.1, 0.15) is 0 Å². The third-order valence-corrected chi connectivity index (χ3v) is 4.27. The van der Waals surface area contributed by atoms with Crippen LogP contribution in [0.4, 0.5) is 13.9 Å². The molecule has 0 amide bonds. The second-order valence-electron chi connectivity index (χ2n) is 5.12. The van der Waals surface area contributed by atoms with Gasteiger partial charge in [0.15, 0.2) is 16.6 Å². The number of aromatic nitrogens is 1. The monoisotopic (exact) mass is 362 g/mol. The number of nitrogens with zero attached hydrogens (tertiary/aromatic N) is 1. The van der Waals surface area contributed by atoms with Gasteiger partial charge in [-0.05, 0) is 23.8 Å². The van der Waals surface area contributed by atoms with Gasteiger partial charge < -0.3 is 14.8 Å². The molecule has 25 heavy (non-hydrogen) atoms. The van der Waals surface area contributed by atoms with E-state index in [1.165, 1.54) is 24.5 Å². The standard InChI is InChI=1S/C18H16F2N2O2S/c1-23-16-9-13(7-8-15(16)24-17(19)20)14-11-25-18(22-14)21-10-12-5-3-2-4-6-12/h2-9,11,17H,10H2,1H3,(H,21,22). The quantitative estimate of drug-likeness (QED) is 0.640. The molecule has 0 atom stereocenters. The summed E-state index contributed by atoms with van der Waals surface area (Å²) < 4.78 is 34.3. The third-order valence-electron chi connectivity index (χ3n) is 3.47. The van der Waals surface area contributed by atoms with Gasteiger partial charge in [-0.2, -0.15) is 8.78 Å². The van der Waals surface area contributed by atoms with Crippen LogP contribution in [-0.4, -0.2) is 18.7 Å². The number of anilines is 1. The van der Waals surface area contributed by atoms with Gasteiger partial charge in [-0.15, -0.1) is 11.3 Å². The van der Waals surface area contributed by atoms with Crippen molar-refractivity contribution in [3.63, 3.8) is 0 Å². The topological polar surface area (TPSA) is 43.4 Å². The van der Waals surface area contributed by atoms with Gasteiger partial charge in [-0.25, -0.2) is 4.98 Å². The Kier molecular flexibility index (Phi) is 5.45. The lowest BCUT2D eigenvalue weighted by Crippen LogP contribution is -2.03. The third kappa shape index (κ3) is 4.45. The van der Waals surface area contributed by atoms with Crippen molar-refractivity contribution in [1.82, 2.24) is 4.98 Å². The van der Waals surface area contributed by atoms with Crippen molar-refractivity contribution in [3.05, 3.63) is 59.5 Å². The van der Waals surface area contributed by atoms with Crippen molar-refractivity contribution in [2.24, 2.45) is 0 Å². The molecule has 1 N–H and O–H groups in total. The van der Waals surface area contributed by atoms with Crippen molar-refractivity contribution < 1.29 is 18.3 Å². The Morgan fingerprint density at radius 2 is 1.92 bits per heavy atom. The summed E-state index contributed by atoms with van der Waals surface area (Å²) in [6, 6.07) is 14.8. The van der Waals surface area contributed by atoms with Crippen LogP contribution in [0, 0.1) is 0 Å². The number of rotatable bonds is 7. The number of hydrogen-bond acceptors (Lipinski definition) is 5. The Morgan fingerprint density at radius 3 is 2.64 bits per heavy atom. The molecule has 0 aliphatic rings. The second kappa shape index (κ2) is 7.94.